The summed E-state index contributed by atoms with van der Waals surface area (Å²) in [6, 6.07) is 4.69. The molecule has 9 heteroatoms. The first kappa shape index (κ1) is 21.7. The van der Waals surface area contributed by atoms with E-state index in [4.69, 9.17) is 4.42 Å². The summed E-state index contributed by atoms with van der Waals surface area (Å²) in [5.41, 5.74) is 2.57. The lowest BCUT2D eigenvalue weighted by Crippen LogP contribution is -2.45. The fraction of sp³-hybridized carbons (Fsp3) is 0.348. The maximum absolute atomic E-state index is 13.2. The molecule has 7 nitrogen and oxygen atoms in total. The van der Waals surface area contributed by atoms with Gasteiger partial charge in [0, 0.05) is 28.4 Å². The highest BCUT2D eigenvalue weighted by atomic mass is 127. The minimum Gasteiger partial charge on any atom is -0.443 e. The zero-order valence-electron chi connectivity index (χ0n) is 17.4. The van der Waals surface area contributed by atoms with E-state index in [1.54, 1.807) is 12.3 Å². The van der Waals surface area contributed by atoms with Crippen LogP contribution in [0.15, 0.2) is 44.1 Å². The van der Waals surface area contributed by atoms with E-state index < -0.39 is 16.1 Å². The van der Waals surface area contributed by atoms with Crippen LogP contribution in [0.3, 0.4) is 0 Å². The molecule has 168 valence electrons. The standard InChI is InChI=1S/C23H24IN3O4S/c28-23(26-15-19-12-17(8-10-25-19)6-5-16-3-4-16)20-2-1-11-27(20)32(29,30)22-13-18-7-9-24-14-21(18)31-22/h5-10,12-14,16,20H,1-4,11,15H2,(H,26,28)/b6-5+/t20-/m0/s1. The molecular weight excluding hydrogens is 541 g/mol. The summed E-state index contributed by atoms with van der Waals surface area (Å²) in [7, 11) is -3.89. The van der Waals surface area contributed by atoms with Crippen molar-refractivity contribution in [1.82, 2.24) is 14.6 Å². The number of hydrogen-bond acceptors (Lipinski definition) is 5. The fourth-order valence-corrected chi connectivity index (χ4v) is 7.09. The normalized spacial score (nSPS) is 20.9. The predicted octanol–water partition coefficient (Wildman–Crippen LogP) is 3.67. The number of allylic oxidation sites excluding steroid dienone is 1. The van der Waals surface area contributed by atoms with Gasteiger partial charge in [0.25, 0.3) is 10.0 Å². The topological polar surface area (TPSA) is 92.5 Å². The number of carbonyl (C=O) groups excluding carboxylic acids is 1. The second-order valence-corrected chi connectivity index (χ2v) is 12.1. The van der Waals surface area contributed by atoms with Crippen molar-refractivity contribution in [2.24, 2.45) is 5.92 Å². The molecule has 2 aliphatic heterocycles. The van der Waals surface area contributed by atoms with Gasteiger partial charge in [-0.25, -0.2) is 8.42 Å². The Kier molecular flexibility index (Phi) is 6.13. The summed E-state index contributed by atoms with van der Waals surface area (Å²) >= 11 is -0.244. The first-order chi connectivity index (χ1) is 15.5. The highest BCUT2D eigenvalue weighted by molar-refractivity contribution is 14.2. The van der Waals surface area contributed by atoms with Gasteiger partial charge in [0.1, 0.15) is 11.8 Å². The monoisotopic (exact) mass is 565 g/mol. The number of hydrogen-bond donors (Lipinski definition) is 1. The molecule has 1 aliphatic carbocycles. The Morgan fingerprint density at radius 1 is 1.31 bits per heavy atom. The van der Waals surface area contributed by atoms with Crippen LogP contribution in [0.2, 0.25) is 0 Å². The van der Waals surface area contributed by atoms with E-state index >= 15 is 0 Å². The van der Waals surface area contributed by atoms with E-state index in [1.807, 2.05) is 22.2 Å². The lowest BCUT2D eigenvalue weighted by Gasteiger charge is -2.22. The Morgan fingerprint density at radius 3 is 3.00 bits per heavy atom. The van der Waals surface area contributed by atoms with Crippen molar-refractivity contribution in [3.05, 3.63) is 57.1 Å². The summed E-state index contributed by atoms with van der Waals surface area (Å²) in [5, 5.41) is 2.78. The number of rotatable bonds is 7. The Morgan fingerprint density at radius 2 is 2.19 bits per heavy atom. The molecule has 1 atom stereocenters. The van der Waals surface area contributed by atoms with E-state index in [2.05, 4.69) is 26.5 Å². The van der Waals surface area contributed by atoms with Crippen LogP contribution in [0.4, 0.5) is 0 Å². The number of nitrogens with zero attached hydrogens (tertiary/aromatic N) is 2. The van der Waals surface area contributed by atoms with Crippen molar-refractivity contribution >= 4 is 52.8 Å². The molecule has 0 radical (unpaired) electrons. The van der Waals surface area contributed by atoms with Crippen LogP contribution in [0, 0.1) is 5.92 Å². The molecule has 32 heavy (non-hydrogen) atoms. The van der Waals surface area contributed by atoms with E-state index in [0.29, 0.717) is 31.1 Å². The zero-order valence-corrected chi connectivity index (χ0v) is 20.4. The Labute approximate surface area is 197 Å². The van der Waals surface area contributed by atoms with Crippen LogP contribution < -0.4 is 5.32 Å². The van der Waals surface area contributed by atoms with Crippen molar-refractivity contribution in [3.8, 4) is 0 Å². The molecule has 0 aromatic carbocycles. The number of aromatic nitrogens is 1. The van der Waals surface area contributed by atoms with Gasteiger partial charge in [0.05, 0.1) is 12.2 Å². The van der Waals surface area contributed by atoms with Gasteiger partial charge in [-0.15, -0.1) is 0 Å². The summed E-state index contributed by atoms with van der Waals surface area (Å²) in [6.07, 6.45) is 11.6. The van der Waals surface area contributed by atoms with E-state index in [1.165, 1.54) is 17.1 Å². The Balaban J connectivity index is 1.26. The second-order valence-electron chi connectivity index (χ2n) is 8.18. The lowest BCUT2D eigenvalue weighted by atomic mass is 10.2. The SMILES string of the molecule is O=C(NCc1cc(/C=C/C2CC2)ccn1)[C@@H]1CCCN1S(=O)(=O)c1cc2c(o1)C=IC=C2. The number of amides is 1. The third kappa shape index (κ3) is 4.65. The zero-order chi connectivity index (χ0) is 22.1. The predicted molar refractivity (Wildman–Crippen MR) is 132 cm³/mol. The fourth-order valence-electron chi connectivity index (χ4n) is 3.87. The third-order valence-corrected chi connectivity index (χ3v) is 9.25. The number of pyridine rings is 1. The van der Waals surface area contributed by atoms with Crippen LogP contribution in [0.25, 0.3) is 12.2 Å². The van der Waals surface area contributed by atoms with Gasteiger partial charge in [-0.1, -0.05) is 32.9 Å². The van der Waals surface area contributed by atoms with Gasteiger partial charge in [0.15, 0.2) is 0 Å². The second kappa shape index (κ2) is 9.03. The molecule has 3 aliphatic rings. The average molecular weight is 565 g/mol. The van der Waals surface area contributed by atoms with Gasteiger partial charge in [-0.2, -0.15) is 4.31 Å². The van der Waals surface area contributed by atoms with E-state index in [0.717, 1.165) is 16.8 Å². The minimum atomic E-state index is -3.89. The molecule has 2 aromatic rings. The van der Waals surface area contributed by atoms with E-state index in [-0.39, 0.29) is 38.3 Å². The number of halogens is 1. The van der Waals surface area contributed by atoms with Crippen molar-refractivity contribution < 1.29 is 17.6 Å². The molecule has 0 spiro atoms. The van der Waals surface area contributed by atoms with Crippen LogP contribution in [-0.2, 0) is 21.4 Å². The van der Waals surface area contributed by atoms with Gasteiger partial charge in [-0.05, 0) is 59.5 Å². The number of sulfonamides is 1. The Hall–Kier alpha value is -2.11. The van der Waals surface area contributed by atoms with Crippen LogP contribution >= 0.6 is 20.7 Å². The van der Waals surface area contributed by atoms with Crippen LogP contribution in [0.5, 0.6) is 0 Å². The van der Waals surface area contributed by atoms with Gasteiger partial charge in [0.2, 0.25) is 11.0 Å². The van der Waals surface area contributed by atoms with Crippen molar-refractivity contribution in [3.63, 3.8) is 0 Å². The molecule has 0 bridgehead atoms. The lowest BCUT2D eigenvalue weighted by molar-refractivity contribution is -0.124. The quantitative estimate of drug-likeness (QED) is 0.518. The molecule has 5 rings (SSSR count). The number of furan rings is 1. The minimum absolute atomic E-state index is 0.0918. The number of carbonyl (C=O) groups is 1. The molecule has 0 unspecified atom stereocenters. The molecule has 1 saturated carbocycles. The van der Waals surface area contributed by atoms with Crippen LogP contribution in [-0.4, -0.2) is 40.2 Å². The smallest absolute Gasteiger partial charge is 0.277 e. The van der Waals surface area contributed by atoms with Gasteiger partial charge >= 0.3 is 0 Å². The molecular formula is C23H24IN3O4S. The van der Waals surface area contributed by atoms with Crippen molar-refractivity contribution in [1.29, 1.82) is 0 Å². The average Bonchev–Trinajstić information content (AvgIpc) is 3.30. The van der Waals surface area contributed by atoms with Crippen molar-refractivity contribution in [2.75, 3.05) is 6.54 Å². The van der Waals surface area contributed by atoms with E-state index in [9.17, 15) is 13.2 Å². The maximum Gasteiger partial charge on any atom is 0.277 e. The largest absolute Gasteiger partial charge is 0.443 e. The van der Waals surface area contributed by atoms with Crippen LogP contribution in [0.1, 0.15) is 48.3 Å². The summed E-state index contributed by atoms with van der Waals surface area (Å²) < 4.78 is 37.4. The molecule has 2 aromatic heterocycles. The summed E-state index contributed by atoms with van der Waals surface area (Å²) in [6.45, 7) is 0.560. The highest BCUT2D eigenvalue weighted by Crippen LogP contribution is 2.32. The molecule has 1 saturated heterocycles. The molecule has 2 fully saturated rings. The first-order valence-corrected chi connectivity index (χ1v) is 14.6. The third-order valence-electron chi connectivity index (χ3n) is 5.78. The molecule has 1 amide bonds. The van der Waals surface area contributed by atoms with Crippen molar-refractivity contribution in [2.45, 2.75) is 43.4 Å². The summed E-state index contributed by atoms with van der Waals surface area (Å²) in [5.74, 6) is 0.998. The first-order valence-electron chi connectivity index (χ1n) is 10.7. The molecule has 1 N–H and O–H groups in total. The summed E-state index contributed by atoms with van der Waals surface area (Å²) in [4.78, 5) is 17.2. The highest BCUT2D eigenvalue weighted by Gasteiger charge is 2.41. The number of fused-ring (bicyclic) bond motifs is 1. The Bertz CT molecular complexity index is 1200. The van der Waals surface area contributed by atoms with Gasteiger partial charge in [-0.3, -0.25) is 9.78 Å². The maximum atomic E-state index is 13.2. The molecule has 4 heterocycles. The van der Waals surface area contributed by atoms with Gasteiger partial charge < -0.3 is 9.73 Å². The number of nitrogens with one attached hydrogen (secondary N) is 1.